The van der Waals surface area contributed by atoms with E-state index in [0.29, 0.717) is 12.5 Å². The van der Waals surface area contributed by atoms with E-state index in [9.17, 15) is 0 Å². The van der Waals surface area contributed by atoms with Gasteiger partial charge >= 0.3 is 0 Å². The Morgan fingerprint density at radius 1 is 1.23 bits per heavy atom. The molecule has 3 rings (SSSR count). The van der Waals surface area contributed by atoms with Gasteiger partial charge in [-0.15, -0.1) is 0 Å². The van der Waals surface area contributed by atoms with Crippen LogP contribution in [-0.2, 0) is 11.3 Å². The first kappa shape index (κ1) is 23.7. The van der Waals surface area contributed by atoms with Crippen LogP contribution in [0.5, 0.6) is 11.5 Å². The second-order valence-electron chi connectivity index (χ2n) is 8.57. The molecule has 0 amide bonds. The number of ether oxygens (including phenoxy) is 3. The zero-order chi connectivity index (χ0) is 21.9. The Hall–Kier alpha value is -1.99. The number of nitrogens with one attached hydrogen (secondary N) is 2. The van der Waals surface area contributed by atoms with E-state index >= 15 is 0 Å². The highest BCUT2D eigenvalue weighted by Gasteiger charge is 2.20. The second kappa shape index (κ2) is 12.8. The highest BCUT2D eigenvalue weighted by atomic mass is 16.5. The molecule has 0 aromatic heterocycles. The van der Waals surface area contributed by atoms with Crippen molar-refractivity contribution in [1.29, 1.82) is 0 Å². The summed E-state index contributed by atoms with van der Waals surface area (Å²) in [5, 5.41) is 6.88. The van der Waals surface area contributed by atoms with Crippen LogP contribution in [0.4, 0.5) is 0 Å². The summed E-state index contributed by atoms with van der Waals surface area (Å²) in [6.07, 6.45) is 5.00. The van der Waals surface area contributed by atoms with E-state index in [0.717, 1.165) is 81.8 Å². The van der Waals surface area contributed by atoms with Crippen molar-refractivity contribution in [1.82, 2.24) is 15.5 Å². The molecule has 1 saturated carbocycles. The molecule has 174 valence electrons. The Kier molecular flexibility index (Phi) is 9.75. The summed E-state index contributed by atoms with van der Waals surface area (Å²) >= 11 is 0. The third-order valence-corrected chi connectivity index (χ3v) is 5.91. The number of morpholine rings is 1. The minimum Gasteiger partial charge on any atom is -0.493 e. The molecule has 0 radical (unpaired) electrons. The van der Waals surface area contributed by atoms with Crippen LogP contribution in [0.3, 0.4) is 0 Å². The summed E-state index contributed by atoms with van der Waals surface area (Å²) in [5.41, 5.74) is 1.06. The zero-order valence-corrected chi connectivity index (χ0v) is 19.5. The largest absolute Gasteiger partial charge is 0.493 e. The summed E-state index contributed by atoms with van der Waals surface area (Å²) in [6.45, 7) is 11.4. The fourth-order valence-corrected chi connectivity index (χ4v) is 4.22. The van der Waals surface area contributed by atoms with Crippen LogP contribution < -0.4 is 20.1 Å². The molecule has 1 aromatic rings. The van der Waals surface area contributed by atoms with Gasteiger partial charge in [0, 0.05) is 38.3 Å². The molecule has 1 atom stereocenters. The van der Waals surface area contributed by atoms with Crippen molar-refractivity contribution >= 4 is 5.96 Å². The maximum absolute atomic E-state index is 6.35. The summed E-state index contributed by atoms with van der Waals surface area (Å²) < 4.78 is 17.4. The first-order valence-corrected chi connectivity index (χ1v) is 11.8. The molecule has 7 nitrogen and oxygen atoms in total. The van der Waals surface area contributed by atoms with E-state index in [-0.39, 0.29) is 6.10 Å². The molecular formula is C24H40N4O3. The van der Waals surface area contributed by atoms with Gasteiger partial charge in [0.2, 0.25) is 0 Å². The lowest BCUT2D eigenvalue weighted by Crippen LogP contribution is -2.44. The van der Waals surface area contributed by atoms with Gasteiger partial charge in [-0.2, -0.15) is 0 Å². The fourth-order valence-electron chi connectivity index (χ4n) is 4.22. The number of hydrogen-bond donors (Lipinski definition) is 2. The average Bonchev–Trinajstić information content (AvgIpc) is 3.30. The SMILES string of the molecule is CCNC(=NCc1cccc(OC)c1OC1CCCC1)NCC(C)CN1CCOCC1. The first-order chi connectivity index (χ1) is 15.2. The standard InChI is InChI=1S/C24H40N4O3/c1-4-25-24(26-16-19(2)18-28-12-14-30-15-13-28)27-17-20-8-7-11-22(29-3)23(20)31-21-9-5-6-10-21/h7-8,11,19,21H,4-6,9-10,12-18H2,1-3H3,(H2,25,26,27). The minimum absolute atomic E-state index is 0.284. The van der Waals surface area contributed by atoms with Crippen LogP contribution in [0, 0.1) is 5.92 Å². The molecular weight excluding hydrogens is 392 g/mol. The zero-order valence-electron chi connectivity index (χ0n) is 19.5. The number of guanidine groups is 1. The van der Waals surface area contributed by atoms with Gasteiger partial charge in [0.25, 0.3) is 0 Å². The number of methoxy groups -OCH3 is 1. The molecule has 1 saturated heterocycles. The molecule has 2 fully saturated rings. The quantitative estimate of drug-likeness (QED) is 0.438. The number of nitrogens with zero attached hydrogens (tertiary/aromatic N) is 2. The lowest BCUT2D eigenvalue weighted by molar-refractivity contribution is 0.0320. The van der Waals surface area contributed by atoms with Gasteiger partial charge in [-0.05, 0) is 44.6 Å². The van der Waals surface area contributed by atoms with Gasteiger partial charge in [-0.25, -0.2) is 4.99 Å². The van der Waals surface area contributed by atoms with Crippen molar-refractivity contribution in [2.45, 2.75) is 52.2 Å². The molecule has 1 heterocycles. The normalized spacial score (nSPS) is 19.3. The number of rotatable bonds is 10. The van der Waals surface area contributed by atoms with Gasteiger partial charge in [-0.3, -0.25) is 4.90 Å². The maximum atomic E-state index is 6.35. The van der Waals surface area contributed by atoms with Crippen molar-refractivity contribution < 1.29 is 14.2 Å². The third kappa shape index (κ3) is 7.58. The molecule has 0 bridgehead atoms. The Bertz CT molecular complexity index is 685. The van der Waals surface area contributed by atoms with E-state index in [1.165, 1.54) is 12.8 Å². The highest BCUT2D eigenvalue weighted by Crippen LogP contribution is 2.35. The predicted molar refractivity (Wildman–Crippen MR) is 125 cm³/mol. The molecule has 1 unspecified atom stereocenters. The fraction of sp³-hybridized carbons (Fsp3) is 0.708. The monoisotopic (exact) mass is 432 g/mol. The second-order valence-corrected chi connectivity index (χ2v) is 8.57. The van der Waals surface area contributed by atoms with Gasteiger partial charge in [0.1, 0.15) is 0 Å². The van der Waals surface area contributed by atoms with E-state index < -0.39 is 0 Å². The van der Waals surface area contributed by atoms with Crippen molar-refractivity contribution in [3.63, 3.8) is 0 Å². The highest BCUT2D eigenvalue weighted by molar-refractivity contribution is 5.79. The molecule has 1 aliphatic heterocycles. The van der Waals surface area contributed by atoms with E-state index in [1.54, 1.807) is 7.11 Å². The number of benzene rings is 1. The molecule has 2 N–H and O–H groups in total. The van der Waals surface area contributed by atoms with Crippen LogP contribution in [0.25, 0.3) is 0 Å². The van der Waals surface area contributed by atoms with Crippen LogP contribution in [0.2, 0.25) is 0 Å². The number of hydrogen-bond acceptors (Lipinski definition) is 5. The minimum atomic E-state index is 0.284. The van der Waals surface area contributed by atoms with Gasteiger partial charge in [-0.1, -0.05) is 19.1 Å². The molecule has 7 heteroatoms. The average molecular weight is 433 g/mol. The van der Waals surface area contributed by atoms with Gasteiger partial charge < -0.3 is 24.8 Å². The Morgan fingerprint density at radius 3 is 2.71 bits per heavy atom. The van der Waals surface area contributed by atoms with Crippen molar-refractivity contribution in [2.24, 2.45) is 10.9 Å². The van der Waals surface area contributed by atoms with Crippen LogP contribution in [-0.4, -0.2) is 70.0 Å². The van der Waals surface area contributed by atoms with Gasteiger partial charge in [0.05, 0.1) is 33.0 Å². The number of aliphatic imine (C=N–C) groups is 1. The van der Waals surface area contributed by atoms with Gasteiger partial charge in [0.15, 0.2) is 17.5 Å². The molecule has 2 aliphatic rings. The van der Waals surface area contributed by atoms with Crippen molar-refractivity contribution in [2.75, 3.05) is 53.0 Å². The predicted octanol–water partition coefficient (Wildman–Crippen LogP) is 3.04. The smallest absolute Gasteiger partial charge is 0.191 e. The van der Waals surface area contributed by atoms with Crippen molar-refractivity contribution in [3.8, 4) is 11.5 Å². The van der Waals surface area contributed by atoms with E-state index in [4.69, 9.17) is 19.2 Å². The molecule has 1 aromatic carbocycles. The Balaban J connectivity index is 1.59. The van der Waals surface area contributed by atoms with Crippen LogP contribution >= 0.6 is 0 Å². The lowest BCUT2D eigenvalue weighted by atomic mass is 10.1. The Labute approximate surface area is 187 Å². The maximum Gasteiger partial charge on any atom is 0.191 e. The summed E-state index contributed by atoms with van der Waals surface area (Å²) in [4.78, 5) is 7.31. The van der Waals surface area contributed by atoms with Crippen LogP contribution in [0.1, 0.15) is 45.1 Å². The Morgan fingerprint density at radius 2 is 2.00 bits per heavy atom. The summed E-state index contributed by atoms with van der Waals surface area (Å²) in [6, 6.07) is 6.06. The summed E-state index contributed by atoms with van der Waals surface area (Å²) in [5.74, 6) is 3.00. The summed E-state index contributed by atoms with van der Waals surface area (Å²) in [7, 11) is 1.70. The molecule has 0 spiro atoms. The van der Waals surface area contributed by atoms with E-state index in [1.807, 2.05) is 12.1 Å². The third-order valence-electron chi connectivity index (χ3n) is 5.91. The van der Waals surface area contributed by atoms with Crippen molar-refractivity contribution in [3.05, 3.63) is 23.8 Å². The van der Waals surface area contributed by atoms with Crippen LogP contribution in [0.15, 0.2) is 23.2 Å². The number of para-hydroxylation sites is 1. The topological polar surface area (TPSA) is 67.4 Å². The van der Waals surface area contributed by atoms with E-state index in [2.05, 4.69) is 35.4 Å². The molecule has 31 heavy (non-hydrogen) atoms. The molecule has 1 aliphatic carbocycles. The lowest BCUT2D eigenvalue weighted by Gasteiger charge is -2.29. The first-order valence-electron chi connectivity index (χ1n) is 11.8.